The Balaban J connectivity index is 2.59. The average molecular weight is 211 g/mol. The molecule has 0 atom stereocenters. The minimum atomic E-state index is -0.410. The van der Waals surface area contributed by atoms with Crippen molar-refractivity contribution in [2.24, 2.45) is 0 Å². The van der Waals surface area contributed by atoms with Crippen molar-refractivity contribution in [1.29, 1.82) is 0 Å². The van der Waals surface area contributed by atoms with Crippen molar-refractivity contribution in [2.45, 2.75) is 5.88 Å². The van der Waals surface area contributed by atoms with Gasteiger partial charge in [-0.3, -0.25) is 10.1 Å². The molecule has 0 saturated carbocycles. The van der Waals surface area contributed by atoms with E-state index in [0.29, 0.717) is 5.88 Å². The van der Waals surface area contributed by atoms with Crippen LogP contribution in [0.25, 0.3) is 10.9 Å². The highest BCUT2D eigenvalue weighted by atomic mass is 35.5. The van der Waals surface area contributed by atoms with Gasteiger partial charge in [-0.1, -0.05) is 0 Å². The minimum absolute atomic E-state index is 0.0950. The highest BCUT2D eigenvalue weighted by Gasteiger charge is 2.07. The molecule has 14 heavy (non-hydrogen) atoms. The molecule has 0 spiro atoms. The molecule has 1 heterocycles. The molecule has 5 heteroatoms. The number of non-ortho nitro benzene ring substituents is 1. The summed E-state index contributed by atoms with van der Waals surface area (Å²) >= 11 is 5.64. The standard InChI is InChI=1S/C9H7ClN2O2/c10-5-7-3-6-4-8(12(13)14)1-2-9(6)11-7/h1-4,11H,5H2. The van der Waals surface area contributed by atoms with Crippen molar-refractivity contribution in [3.63, 3.8) is 0 Å². The lowest BCUT2D eigenvalue weighted by Crippen LogP contribution is -1.86. The van der Waals surface area contributed by atoms with Gasteiger partial charge in [0.2, 0.25) is 0 Å². The maximum atomic E-state index is 10.5. The van der Waals surface area contributed by atoms with Gasteiger partial charge in [0.05, 0.1) is 10.8 Å². The number of nitrogens with zero attached hydrogens (tertiary/aromatic N) is 1. The van der Waals surface area contributed by atoms with Crippen LogP contribution in [0.1, 0.15) is 5.69 Å². The fraction of sp³-hybridized carbons (Fsp3) is 0.111. The van der Waals surface area contributed by atoms with E-state index < -0.39 is 4.92 Å². The monoisotopic (exact) mass is 210 g/mol. The van der Waals surface area contributed by atoms with E-state index in [9.17, 15) is 10.1 Å². The fourth-order valence-electron chi connectivity index (χ4n) is 1.37. The van der Waals surface area contributed by atoms with Crippen LogP contribution in [0, 0.1) is 10.1 Å². The molecule has 0 unspecified atom stereocenters. The maximum absolute atomic E-state index is 10.5. The Morgan fingerprint density at radius 1 is 1.43 bits per heavy atom. The van der Waals surface area contributed by atoms with E-state index in [4.69, 9.17) is 11.6 Å². The average Bonchev–Trinajstić information content (AvgIpc) is 2.58. The molecule has 1 N–H and O–H groups in total. The summed E-state index contributed by atoms with van der Waals surface area (Å²) in [6, 6.07) is 6.50. The number of alkyl halides is 1. The highest BCUT2D eigenvalue weighted by Crippen LogP contribution is 2.21. The Kier molecular flexibility index (Phi) is 2.13. The van der Waals surface area contributed by atoms with Crippen LogP contribution in [0.15, 0.2) is 24.3 Å². The maximum Gasteiger partial charge on any atom is 0.270 e. The predicted molar refractivity (Wildman–Crippen MR) is 54.5 cm³/mol. The van der Waals surface area contributed by atoms with Crippen molar-refractivity contribution >= 4 is 28.2 Å². The number of aromatic amines is 1. The zero-order valence-electron chi connectivity index (χ0n) is 7.16. The van der Waals surface area contributed by atoms with Crippen LogP contribution in [0.3, 0.4) is 0 Å². The number of nitrogens with one attached hydrogen (secondary N) is 1. The van der Waals surface area contributed by atoms with E-state index in [2.05, 4.69) is 4.98 Å². The molecular weight excluding hydrogens is 204 g/mol. The molecule has 0 bridgehead atoms. The Morgan fingerprint density at radius 2 is 2.21 bits per heavy atom. The lowest BCUT2D eigenvalue weighted by Gasteiger charge is -1.90. The molecule has 4 nitrogen and oxygen atoms in total. The summed E-state index contributed by atoms with van der Waals surface area (Å²) < 4.78 is 0. The third kappa shape index (κ3) is 1.44. The van der Waals surface area contributed by atoms with Crippen LogP contribution in [-0.2, 0) is 5.88 Å². The van der Waals surface area contributed by atoms with Gasteiger partial charge in [0.25, 0.3) is 5.69 Å². The van der Waals surface area contributed by atoms with Gasteiger partial charge < -0.3 is 4.98 Å². The Bertz CT molecular complexity index is 493. The lowest BCUT2D eigenvalue weighted by atomic mass is 10.2. The van der Waals surface area contributed by atoms with Gasteiger partial charge in [-0.15, -0.1) is 11.6 Å². The molecule has 2 aromatic rings. The van der Waals surface area contributed by atoms with Crippen LogP contribution in [0.5, 0.6) is 0 Å². The van der Waals surface area contributed by atoms with Gasteiger partial charge >= 0.3 is 0 Å². The van der Waals surface area contributed by atoms with Crippen molar-refractivity contribution < 1.29 is 4.92 Å². The van der Waals surface area contributed by atoms with Crippen LogP contribution >= 0.6 is 11.6 Å². The number of benzene rings is 1. The molecule has 0 radical (unpaired) electrons. The second-order valence-corrected chi connectivity index (χ2v) is 3.22. The van der Waals surface area contributed by atoms with E-state index in [-0.39, 0.29) is 5.69 Å². The molecule has 0 aliphatic rings. The third-order valence-corrected chi connectivity index (χ3v) is 2.30. The molecule has 2 rings (SSSR count). The van der Waals surface area contributed by atoms with E-state index in [1.807, 2.05) is 6.07 Å². The quantitative estimate of drug-likeness (QED) is 0.471. The first-order chi connectivity index (χ1) is 6.70. The van der Waals surface area contributed by atoms with E-state index in [1.165, 1.54) is 12.1 Å². The topological polar surface area (TPSA) is 58.9 Å². The van der Waals surface area contributed by atoms with Crippen LogP contribution in [0.4, 0.5) is 5.69 Å². The van der Waals surface area contributed by atoms with Gasteiger partial charge in [-0.2, -0.15) is 0 Å². The van der Waals surface area contributed by atoms with Crippen molar-refractivity contribution in [3.05, 3.63) is 40.1 Å². The van der Waals surface area contributed by atoms with Gasteiger partial charge in [-0.25, -0.2) is 0 Å². The summed E-state index contributed by atoms with van der Waals surface area (Å²) in [6.07, 6.45) is 0. The number of aromatic nitrogens is 1. The number of fused-ring (bicyclic) bond motifs is 1. The summed E-state index contributed by atoms with van der Waals surface area (Å²) in [6.45, 7) is 0. The smallest absolute Gasteiger partial charge is 0.270 e. The second-order valence-electron chi connectivity index (χ2n) is 2.96. The molecule has 0 aliphatic heterocycles. The van der Waals surface area contributed by atoms with Crippen LogP contribution < -0.4 is 0 Å². The van der Waals surface area contributed by atoms with E-state index >= 15 is 0 Å². The molecular formula is C9H7ClN2O2. The summed E-state index contributed by atoms with van der Waals surface area (Å²) in [7, 11) is 0. The van der Waals surface area contributed by atoms with E-state index in [0.717, 1.165) is 16.6 Å². The SMILES string of the molecule is O=[N+]([O-])c1ccc2[nH]c(CCl)cc2c1. The lowest BCUT2D eigenvalue weighted by molar-refractivity contribution is -0.384. The zero-order chi connectivity index (χ0) is 10.1. The van der Waals surface area contributed by atoms with Crippen LogP contribution in [-0.4, -0.2) is 9.91 Å². The number of H-pyrrole nitrogens is 1. The number of hydrogen-bond donors (Lipinski definition) is 1. The van der Waals surface area contributed by atoms with Crippen LogP contribution in [0.2, 0.25) is 0 Å². The van der Waals surface area contributed by atoms with Crippen molar-refractivity contribution in [1.82, 2.24) is 4.98 Å². The molecule has 0 fully saturated rings. The van der Waals surface area contributed by atoms with Gasteiger partial charge in [0, 0.05) is 28.7 Å². The number of halogens is 1. The normalized spacial score (nSPS) is 10.6. The number of rotatable bonds is 2. The summed E-state index contributed by atoms with van der Waals surface area (Å²) in [5.74, 6) is 0.377. The predicted octanol–water partition coefficient (Wildman–Crippen LogP) is 2.81. The highest BCUT2D eigenvalue weighted by molar-refractivity contribution is 6.17. The van der Waals surface area contributed by atoms with Crippen molar-refractivity contribution in [3.8, 4) is 0 Å². The first-order valence-corrected chi connectivity index (χ1v) is 4.56. The fourth-order valence-corrected chi connectivity index (χ4v) is 1.51. The van der Waals surface area contributed by atoms with E-state index in [1.54, 1.807) is 6.07 Å². The molecule has 1 aromatic heterocycles. The molecule has 0 aliphatic carbocycles. The molecule has 1 aromatic carbocycles. The molecule has 0 saturated heterocycles. The Labute approximate surface area is 84.6 Å². The number of nitro benzene ring substituents is 1. The summed E-state index contributed by atoms with van der Waals surface area (Å²) in [4.78, 5) is 13.1. The molecule has 72 valence electrons. The first-order valence-electron chi connectivity index (χ1n) is 4.02. The number of nitro groups is 1. The molecule has 0 amide bonds. The summed E-state index contributed by atoms with van der Waals surface area (Å²) in [5, 5.41) is 11.3. The third-order valence-electron chi connectivity index (χ3n) is 2.01. The van der Waals surface area contributed by atoms with Gasteiger partial charge in [-0.05, 0) is 12.1 Å². The Morgan fingerprint density at radius 3 is 2.86 bits per heavy atom. The Hall–Kier alpha value is -1.55. The second kappa shape index (κ2) is 3.31. The van der Waals surface area contributed by atoms with Gasteiger partial charge in [0.1, 0.15) is 0 Å². The summed E-state index contributed by atoms with van der Waals surface area (Å²) in [5.41, 5.74) is 1.83. The van der Waals surface area contributed by atoms with Gasteiger partial charge in [0.15, 0.2) is 0 Å². The first kappa shape index (κ1) is 9.02. The largest absolute Gasteiger partial charge is 0.357 e. The zero-order valence-corrected chi connectivity index (χ0v) is 7.91. The minimum Gasteiger partial charge on any atom is -0.357 e. The van der Waals surface area contributed by atoms with Crippen molar-refractivity contribution in [2.75, 3.05) is 0 Å². The number of hydrogen-bond acceptors (Lipinski definition) is 2.